The van der Waals surface area contributed by atoms with Gasteiger partial charge in [0.1, 0.15) is 0 Å². The fourth-order valence-corrected chi connectivity index (χ4v) is 4.22. The average molecular weight is 380 g/mol. The molecule has 27 heavy (non-hydrogen) atoms. The van der Waals surface area contributed by atoms with Crippen LogP contribution in [0.15, 0.2) is 52.4 Å². The quantitative estimate of drug-likeness (QED) is 0.695. The highest BCUT2D eigenvalue weighted by Crippen LogP contribution is 2.33. The molecule has 4 rings (SSSR count). The lowest BCUT2D eigenvalue weighted by molar-refractivity contribution is 0.260. The Bertz CT molecular complexity index is 997. The van der Waals surface area contributed by atoms with E-state index in [1.165, 1.54) is 11.1 Å². The minimum Gasteiger partial charge on any atom is -0.392 e. The highest BCUT2D eigenvalue weighted by Gasteiger charge is 2.17. The van der Waals surface area contributed by atoms with Gasteiger partial charge in [-0.05, 0) is 52.8 Å². The Morgan fingerprint density at radius 2 is 1.89 bits per heavy atom. The second kappa shape index (κ2) is 7.68. The van der Waals surface area contributed by atoms with Crippen LogP contribution in [0.4, 0.5) is 0 Å². The van der Waals surface area contributed by atoms with Crippen LogP contribution in [-0.2, 0) is 13.2 Å². The molecule has 138 valence electrons. The number of nitrogens with zero attached hydrogens (tertiary/aromatic N) is 2. The zero-order valence-corrected chi connectivity index (χ0v) is 15.7. The van der Waals surface area contributed by atoms with E-state index in [9.17, 15) is 10.2 Å². The summed E-state index contributed by atoms with van der Waals surface area (Å²) in [7, 11) is 0. The molecule has 0 radical (unpaired) electrons. The normalized spacial score (nSPS) is 16.2. The van der Waals surface area contributed by atoms with Crippen LogP contribution >= 0.6 is 11.8 Å². The summed E-state index contributed by atoms with van der Waals surface area (Å²) in [6, 6.07) is 11.6. The highest BCUT2D eigenvalue weighted by atomic mass is 32.2. The number of aliphatic hydroxyl groups is 2. The van der Waals surface area contributed by atoms with E-state index >= 15 is 0 Å². The molecule has 0 saturated heterocycles. The second-order valence-electron chi connectivity index (χ2n) is 6.56. The van der Waals surface area contributed by atoms with Crippen molar-refractivity contribution in [3.8, 4) is 22.8 Å². The van der Waals surface area contributed by atoms with Crippen molar-refractivity contribution in [2.45, 2.75) is 26.1 Å². The van der Waals surface area contributed by atoms with E-state index in [0.717, 1.165) is 16.9 Å². The van der Waals surface area contributed by atoms with Crippen molar-refractivity contribution in [1.29, 1.82) is 0 Å². The molecule has 1 unspecified atom stereocenters. The van der Waals surface area contributed by atoms with Gasteiger partial charge < -0.3 is 14.7 Å². The van der Waals surface area contributed by atoms with Gasteiger partial charge in [-0.2, -0.15) is 4.98 Å². The topological polar surface area (TPSA) is 79.4 Å². The Kier molecular flexibility index (Phi) is 5.11. The first-order valence-corrected chi connectivity index (χ1v) is 9.81. The number of aromatic nitrogens is 2. The predicted molar refractivity (Wildman–Crippen MR) is 106 cm³/mol. The van der Waals surface area contributed by atoms with E-state index in [2.05, 4.69) is 40.7 Å². The maximum absolute atomic E-state index is 9.47. The number of hydrogen-bond acceptors (Lipinski definition) is 6. The van der Waals surface area contributed by atoms with Gasteiger partial charge in [0.05, 0.1) is 13.2 Å². The Balaban J connectivity index is 1.63. The minimum atomic E-state index is -0.150. The van der Waals surface area contributed by atoms with Gasteiger partial charge in [-0.3, -0.25) is 0 Å². The first-order chi connectivity index (χ1) is 13.2. The summed E-state index contributed by atoms with van der Waals surface area (Å²) in [5, 5.41) is 25.0. The lowest BCUT2D eigenvalue weighted by Gasteiger charge is -2.11. The molecule has 0 amide bonds. The van der Waals surface area contributed by atoms with Crippen LogP contribution in [0.25, 0.3) is 22.8 Å². The zero-order valence-electron chi connectivity index (χ0n) is 14.9. The third-order valence-corrected chi connectivity index (χ3v) is 5.73. The Hall–Kier alpha value is -2.41. The molecule has 2 heterocycles. The van der Waals surface area contributed by atoms with Crippen LogP contribution < -0.4 is 0 Å². The van der Waals surface area contributed by atoms with Crippen molar-refractivity contribution in [3.63, 3.8) is 0 Å². The van der Waals surface area contributed by atoms with Crippen LogP contribution in [0.3, 0.4) is 0 Å². The van der Waals surface area contributed by atoms with Gasteiger partial charge in [0, 0.05) is 22.8 Å². The number of thioether (sulfide) groups is 1. The molecule has 6 heteroatoms. The third kappa shape index (κ3) is 3.56. The molecule has 1 aliphatic rings. The Morgan fingerprint density at radius 3 is 2.59 bits per heavy atom. The number of rotatable bonds is 5. The van der Waals surface area contributed by atoms with Crippen molar-refractivity contribution in [1.82, 2.24) is 10.1 Å². The smallest absolute Gasteiger partial charge is 0.258 e. The van der Waals surface area contributed by atoms with E-state index in [1.54, 1.807) is 12.1 Å². The van der Waals surface area contributed by atoms with E-state index in [0.29, 0.717) is 28.8 Å². The lowest BCUT2D eigenvalue weighted by atomic mass is 9.95. The Morgan fingerprint density at radius 1 is 1.07 bits per heavy atom. The van der Waals surface area contributed by atoms with Gasteiger partial charge in [-0.1, -0.05) is 29.4 Å². The summed E-state index contributed by atoms with van der Waals surface area (Å²) in [4.78, 5) is 4.51. The summed E-state index contributed by atoms with van der Waals surface area (Å²) in [5.41, 5.74) is 5.51. The summed E-state index contributed by atoms with van der Waals surface area (Å²) in [5.74, 6) is 2.47. The van der Waals surface area contributed by atoms with Crippen molar-refractivity contribution >= 4 is 11.8 Å². The van der Waals surface area contributed by atoms with E-state index in [1.807, 2.05) is 23.9 Å². The predicted octanol–water partition coefficient (Wildman–Crippen LogP) is 4.04. The third-order valence-electron chi connectivity index (χ3n) is 4.83. The average Bonchev–Trinajstić information content (AvgIpc) is 3.39. The van der Waals surface area contributed by atoms with Crippen molar-refractivity contribution in [3.05, 3.63) is 70.1 Å². The van der Waals surface area contributed by atoms with E-state index in [-0.39, 0.29) is 13.2 Å². The molecular formula is C21H20N2O3S. The molecule has 0 bridgehead atoms. The van der Waals surface area contributed by atoms with Gasteiger partial charge in [0.25, 0.3) is 5.89 Å². The van der Waals surface area contributed by atoms with Crippen molar-refractivity contribution < 1.29 is 14.7 Å². The van der Waals surface area contributed by atoms with E-state index in [4.69, 9.17) is 4.52 Å². The molecule has 3 aromatic rings. The number of benzene rings is 2. The largest absolute Gasteiger partial charge is 0.392 e. The molecule has 5 nitrogen and oxygen atoms in total. The van der Waals surface area contributed by atoms with Gasteiger partial charge >= 0.3 is 0 Å². The first kappa shape index (κ1) is 18.0. The lowest BCUT2D eigenvalue weighted by Crippen LogP contribution is -1.98. The highest BCUT2D eigenvalue weighted by molar-refractivity contribution is 8.02. The monoisotopic (exact) mass is 380 g/mol. The number of allylic oxidation sites excluding steroid dienone is 1. The standard InChI is InChI=1S/C21H20N2O3S/c1-13-8-15(4-5-19(13)17-6-7-27-12-17)21-22-20(23-26-21)14-2-3-16(10-24)18(9-14)11-25/h2-9,17,24-25H,10-12H2,1H3. The SMILES string of the molecule is Cc1cc(-c2nc(-c3ccc(CO)c(CO)c3)no2)ccc1C1C=CSC1. The van der Waals surface area contributed by atoms with Gasteiger partial charge in [-0.15, -0.1) is 11.8 Å². The summed E-state index contributed by atoms with van der Waals surface area (Å²) in [6.07, 6.45) is 2.24. The number of aryl methyl sites for hydroxylation is 1. The number of aliphatic hydroxyl groups excluding tert-OH is 2. The fourth-order valence-electron chi connectivity index (χ4n) is 3.31. The second-order valence-corrected chi connectivity index (χ2v) is 7.50. The van der Waals surface area contributed by atoms with Gasteiger partial charge in [0.2, 0.25) is 5.82 Å². The molecule has 0 fully saturated rings. The molecule has 0 saturated carbocycles. The number of hydrogen-bond donors (Lipinski definition) is 2. The van der Waals surface area contributed by atoms with Crippen LogP contribution in [0.5, 0.6) is 0 Å². The Labute approximate surface area is 161 Å². The summed E-state index contributed by atoms with van der Waals surface area (Å²) < 4.78 is 5.46. The maximum atomic E-state index is 9.47. The maximum Gasteiger partial charge on any atom is 0.258 e. The van der Waals surface area contributed by atoms with Gasteiger partial charge in [0.15, 0.2) is 0 Å². The van der Waals surface area contributed by atoms with E-state index < -0.39 is 0 Å². The molecule has 2 aromatic carbocycles. The van der Waals surface area contributed by atoms with Crippen LogP contribution in [0.1, 0.15) is 28.2 Å². The first-order valence-electron chi connectivity index (χ1n) is 8.76. The van der Waals surface area contributed by atoms with Crippen LogP contribution in [0, 0.1) is 6.92 Å². The molecule has 0 aliphatic carbocycles. The molecule has 2 N–H and O–H groups in total. The van der Waals surface area contributed by atoms with Crippen molar-refractivity contribution in [2.75, 3.05) is 5.75 Å². The summed E-state index contributed by atoms with van der Waals surface area (Å²) >= 11 is 1.84. The zero-order chi connectivity index (χ0) is 18.8. The van der Waals surface area contributed by atoms with Gasteiger partial charge in [-0.25, -0.2) is 0 Å². The molecule has 1 aliphatic heterocycles. The fraction of sp³-hybridized carbons (Fsp3) is 0.238. The molecular weight excluding hydrogens is 360 g/mol. The summed E-state index contributed by atoms with van der Waals surface area (Å²) in [6.45, 7) is 1.84. The van der Waals surface area contributed by atoms with Crippen LogP contribution in [-0.4, -0.2) is 26.1 Å². The molecule has 1 aromatic heterocycles. The minimum absolute atomic E-state index is 0.117. The van der Waals surface area contributed by atoms with Crippen LogP contribution in [0.2, 0.25) is 0 Å². The molecule has 1 atom stereocenters. The van der Waals surface area contributed by atoms with Crippen molar-refractivity contribution in [2.24, 2.45) is 0 Å². The molecule has 0 spiro atoms.